The quantitative estimate of drug-likeness (QED) is 0.250. The number of benzene rings is 1. The summed E-state index contributed by atoms with van der Waals surface area (Å²) in [5, 5.41) is 16.3. The van der Waals surface area contributed by atoms with Crippen LogP contribution in [0.25, 0.3) is 17.3 Å². The van der Waals surface area contributed by atoms with Crippen molar-refractivity contribution in [2.45, 2.75) is 13.5 Å². The van der Waals surface area contributed by atoms with Gasteiger partial charge in [-0.2, -0.15) is 10.4 Å². The summed E-state index contributed by atoms with van der Waals surface area (Å²) in [6.07, 6.45) is 6.91. The topological polar surface area (TPSA) is 71.6 Å². The van der Waals surface area contributed by atoms with E-state index in [1.54, 1.807) is 18.5 Å². The number of aryl methyl sites for hydroxylation is 1. The maximum absolute atomic E-state index is 12.9. The molecule has 0 spiro atoms. The second-order valence-corrected chi connectivity index (χ2v) is 7.71. The monoisotopic (exact) mass is 410 g/mol. The molecule has 0 saturated heterocycles. The lowest BCUT2D eigenvalue weighted by atomic mass is 10.0. The van der Waals surface area contributed by atoms with Crippen LogP contribution >= 0.6 is 11.3 Å². The van der Waals surface area contributed by atoms with Crippen LogP contribution in [0.4, 0.5) is 0 Å². The molecule has 0 bridgehead atoms. The van der Waals surface area contributed by atoms with Crippen molar-refractivity contribution < 1.29 is 4.79 Å². The molecule has 30 heavy (non-hydrogen) atoms. The van der Waals surface area contributed by atoms with Crippen LogP contribution < -0.4 is 0 Å². The van der Waals surface area contributed by atoms with Crippen LogP contribution in [-0.4, -0.2) is 20.5 Å². The van der Waals surface area contributed by atoms with Gasteiger partial charge in [0.15, 0.2) is 0 Å². The van der Waals surface area contributed by atoms with Crippen molar-refractivity contribution in [3.63, 3.8) is 0 Å². The van der Waals surface area contributed by atoms with Gasteiger partial charge in [0.05, 0.1) is 11.4 Å². The third-order valence-electron chi connectivity index (χ3n) is 4.65. The van der Waals surface area contributed by atoms with Gasteiger partial charge in [0, 0.05) is 29.7 Å². The number of nitrogens with zero attached hydrogens (tertiary/aromatic N) is 4. The normalized spacial score (nSPS) is 11.3. The molecule has 0 unspecified atom stereocenters. The van der Waals surface area contributed by atoms with Crippen molar-refractivity contribution >= 4 is 23.2 Å². The lowest BCUT2D eigenvalue weighted by Gasteiger charge is -2.01. The predicted molar refractivity (Wildman–Crippen MR) is 118 cm³/mol. The molecule has 0 fully saturated rings. The van der Waals surface area contributed by atoms with Gasteiger partial charge in [0.2, 0.25) is 5.78 Å². The van der Waals surface area contributed by atoms with E-state index < -0.39 is 0 Å². The van der Waals surface area contributed by atoms with Gasteiger partial charge in [-0.3, -0.25) is 14.5 Å². The van der Waals surface area contributed by atoms with Gasteiger partial charge in [-0.1, -0.05) is 30.3 Å². The first-order valence-corrected chi connectivity index (χ1v) is 10.3. The number of carbonyl (C=O) groups is 1. The van der Waals surface area contributed by atoms with Gasteiger partial charge in [0.25, 0.3) is 0 Å². The molecule has 6 heteroatoms. The molecule has 0 aliphatic heterocycles. The highest BCUT2D eigenvalue weighted by Gasteiger charge is 2.18. The number of hydrogen-bond donors (Lipinski definition) is 0. The highest BCUT2D eigenvalue weighted by molar-refractivity contribution is 7.12. The van der Waals surface area contributed by atoms with Crippen molar-refractivity contribution in [1.82, 2.24) is 14.8 Å². The molecule has 4 aromatic rings. The molecule has 3 aromatic heterocycles. The summed E-state index contributed by atoms with van der Waals surface area (Å²) in [6.45, 7) is 2.46. The van der Waals surface area contributed by atoms with Crippen molar-refractivity contribution in [2.24, 2.45) is 0 Å². The van der Waals surface area contributed by atoms with E-state index in [-0.39, 0.29) is 11.4 Å². The molecular weight excluding hydrogens is 392 g/mol. The highest BCUT2D eigenvalue weighted by Crippen LogP contribution is 2.26. The number of Topliss-reactive ketones (excluding diaryl/α,β-unsaturated/α-hetero) is 1. The fourth-order valence-corrected chi connectivity index (χ4v) is 4.03. The Morgan fingerprint density at radius 3 is 2.70 bits per heavy atom. The van der Waals surface area contributed by atoms with E-state index in [1.165, 1.54) is 11.3 Å². The Labute approximate surface area is 178 Å². The Morgan fingerprint density at radius 1 is 1.20 bits per heavy atom. The smallest absolute Gasteiger partial charge is 0.213 e. The summed E-state index contributed by atoms with van der Waals surface area (Å²) in [5.74, 6) is -0.266. The minimum absolute atomic E-state index is 0.0879. The first-order chi connectivity index (χ1) is 14.7. The number of hydrogen-bond acceptors (Lipinski definition) is 5. The lowest BCUT2D eigenvalue weighted by molar-refractivity contribution is 0.104. The zero-order chi connectivity index (χ0) is 20.9. The van der Waals surface area contributed by atoms with E-state index in [2.05, 4.69) is 11.1 Å². The largest absolute Gasteiger partial charge is 0.287 e. The number of carbonyl (C=O) groups excluding carboxylic acids is 1. The molecule has 0 aliphatic carbocycles. The third-order valence-corrected chi connectivity index (χ3v) is 5.66. The molecule has 0 radical (unpaired) electrons. The number of aromatic nitrogens is 3. The van der Waals surface area contributed by atoms with E-state index >= 15 is 0 Å². The fraction of sp³-hybridized carbons (Fsp3) is 0.0833. The maximum atomic E-state index is 12.9. The number of thiophene rings is 1. The summed E-state index contributed by atoms with van der Waals surface area (Å²) in [7, 11) is 0. The summed E-state index contributed by atoms with van der Waals surface area (Å²) < 4.78 is 1.82. The minimum atomic E-state index is -0.266. The Morgan fingerprint density at radius 2 is 2.03 bits per heavy atom. The average molecular weight is 411 g/mol. The Hall–Kier alpha value is -3.82. The van der Waals surface area contributed by atoms with Gasteiger partial charge < -0.3 is 0 Å². The Bertz CT molecular complexity index is 1250. The zero-order valence-corrected chi connectivity index (χ0v) is 17.1. The number of pyridine rings is 1. The molecule has 3 heterocycles. The van der Waals surface area contributed by atoms with Crippen LogP contribution in [-0.2, 0) is 6.54 Å². The molecule has 0 amide bonds. The van der Waals surface area contributed by atoms with Crippen LogP contribution in [0.5, 0.6) is 0 Å². The standard InChI is InChI=1S/C24H18N4OS/c1-17-9-11-30-24(17)23(29)20(13-25)12-21-16-28(15-18-6-3-2-4-7-18)27-22(21)19-8-5-10-26-14-19/h2-12,14,16H,15H2,1H3/b20-12+. The van der Waals surface area contributed by atoms with Crippen LogP contribution in [0.3, 0.4) is 0 Å². The summed E-state index contributed by atoms with van der Waals surface area (Å²) in [6, 6.07) is 17.7. The van der Waals surface area contributed by atoms with Crippen molar-refractivity contribution in [3.05, 3.63) is 99.6 Å². The van der Waals surface area contributed by atoms with E-state index in [9.17, 15) is 10.1 Å². The average Bonchev–Trinajstić information content (AvgIpc) is 3.38. The Balaban J connectivity index is 1.77. The van der Waals surface area contributed by atoms with E-state index in [1.807, 2.05) is 71.7 Å². The second-order valence-electron chi connectivity index (χ2n) is 6.79. The molecule has 4 rings (SSSR count). The van der Waals surface area contributed by atoms with Gasteiger partial charge in [-0.25, -0.2) is 0 Å². The van der Waals surface area contributed by atoms with Crippen LogP contribution in [0.1, 0.15) is 26.4 Å². The molecule has 146 valence electrons. The lowest BCUT2D eigenvalue weighted by Crippen LogP contribution is -2.01. The van der Waals surface area contributed by atoms with Crippen LogP contribution in [0.15, 0.2) is 78.1 Å². The fourth-order valence-electron chi connectivity index (χ4n) is 3.15. The molecule has 0 saturated carbocycles. The highest BCUT2D eigenvalue weighted by atomic mass is 32.1. The molecule has 0 atom stereocenters. The van der Waals surface area contributed by atoms with Crippen molar-refractivity contribution in [1.29, 1.82) is 5.26 Å². The maximum Gasteiger partial charge on any atom is 0.213 e. The predicted octanol–water partition coefficient (Wildman–Crippen LogP) is 5.15. The number of rotatable bonds is 6. The number of allylic oxidation sites excluding steroid dienone is 1. The van der Waals surface area contributed by atoms with Crippen molar-refractivity contribution in [3.8, 4) is 17.3 Å². The molecule has 0 N–H and O–H groups in total. The third kappa shape index (κ3) is 4.12. The number of nitriles is 1. The van der Waals surface area contributed by atoms with Gasteiger partial charge in [-0.05, 0) is 47.7 Å². The Kier molecular flexibility index (Phi) is 5.64. The van der Waals surface area contributed by atoms with Gasteiger partial charge in [0.1, 0.15) is 17.3 Å². The zero-order valence-electron chi connectivity index (χ0n) is 16.3. The van der Waals surface area contributed by atoms with Crippen molar-refractivity contribution in [2.75, 3.05) is 0 Å². The SMILES string of the molecule is Cc1ccsc1C(=O)/C(C#N)=C/c1cn(Cc2ccccc2)nc1-c1cccnc1. The molecular formula is C24H18N4OS. The molecule has 1 aromatic carbocycles. The molecule has 5 nitrogen and oxygen atoms in total. The summed E-state index contributed by atoms with van der Waals surface area (Å²) in [5.41, 5.74) is 4.29. The van der Waals surface area contributed by atoms with Gasteiger partial charge >= 0.3 is 0 Å². The van der Waals surface area contributed by atoms with E-state index in [0.29, 0.717) is 22.7 Å². The first kappa shape index (κ1) is 19.5. The van der Waals surface area contributed by atoms with E-state index in [4.69, 9.17) is 5.10 Å². The van der Waals surface area contributed by atoms with Crippen LogP contribution in [0.2, 0.25) is 0 Å². The van der Waals surface area contributed by atoms with Crippen LogP contribution in [0, 0.1) is 18.3 Å². The number of ketones is 1. The first-order valence-electron chi connectivity index (χ1n) is 9.38. The second kappa shape index (κ2) is 8.68. The summed E-state index contributed by atoms with van der Waals surface area (Å²) >= 11 is 1.35. The summed E-state index contributed by atoms with van der Waals surface area (Å²) in [4.78, 5) is 17.7. The minimum Gasteiger partial charge on any atom is -0.287 e. The van der Waals surface area contributed by atoms with Gasteiger partial charge in [-0.15, -0.1) is 11.3 Å². The van der Waals surface area contributed by atoms with E-state index in [0.717, 1.165) is 16.7 Å². The molecule has 0 aliphatic rings.